The minimum absolute atomic E-state index is 0.00560. The molecule has 110 valence electrons. The quantitative estimate of drug-likeness (QED) is 0.802. The molecule has 1 saturated heterocycles. The fraction of sp³-hybridized carbons (Fsp3) is 0.867. The summed E-state index contributed by atoms with van der Waals surface area (Å²) < 4.78 is 0. The largest absolute Gasteiger partial charge is 0.344 e. The summed E-state index contributed by atoms with van der Waals surface area (Å²) in [6, 6.07) is -0.329. The van der Waals surface area contributed by atoms with Crippen molar-refractivity contribution in [2.24, 2.45) is 11.8 Å². The molecule has 0 saturated carbocycles. The van der Waals surface area contributed by atoms with Crippen molar-refractivity contribution in [2.75, 3.05) is 13.1 Å². The molecule has 0 aromatic carbocycles. The van der Waals surface area contributed by atoms with Gasteiger partial charge in [0.15, 0.2) is 0 Å². The van der Waals surface area contributed by atoms with E-state index in [1.165, 1.54) is 0 Å². The second-order valence-electron chi connectivity index (χ2n) is 5.97. The standard InChI is InChI=1S/C15H28N2O2/c1-5-12(6-2)10-17-8-7-14(18)16-13(15(17)19)9-11(3)4/h11-13H,5-10H2,1-4H3,(H,16,18). The van der Waals surface area contributed by atoms with Crippen LogP contribution in [-0.4, -0.2) is 35.8 Å². The Morgan fingerprint density at radius 1 is 1.26 bits per heavy atom. The van der Waals surface area contributed by atoms with Gasteiger partial charge in [0.2, 0.25) is 11.8 Å². The normalized spacial score (nSPS) is 20.9. The summed E-state index contributed by atoms with van der Waals surface area (Å²) in [6.45, 7) is 9.83. The van der Waals surface area contributed by atoms with Gasteiger partial charge in [-0.2, -0.15) is 0 Å². The minimum Gasteiger partial charge on any atom is -0.344 e. The Balaban J connectivity index is 2.74. The summed E-state index contributed by atoms with van der Waals surface area (Å²) in [5, 5.41) is 2.87. The molecule has 2 amide bonds. The highest BCUT2D eigenvalue weighted by molar-refractivity contribution is 5.89. The van der Waals surface area contributed by atoms with Crippen LogP contribution >= 0.6 is 0 Å². The Bertz CT molecular complexity index is 311. The first kappa shape index (κ1) is 16.0. The molecule has 0 aromatic heterocycles. The smallest absolute Gasteiger partial charge is 0.245 e. The van der Waals surface area contributed by atoms with E-state index in [1.807, 2.05) is 4.90 Å². The number of amides is 2. The molecule has 0 bridgehead atoms. The summed E-state index contributed by atoms with van der Waals surface area (Å²) in [5.74, 6) is 1.05. The molecule has 0 aliphatic carbocycles. The Morgan fingerprint density at radius 2 is 1.89 bits per heavy atom. The molecule has 1 aliphatic rings. The van der Waals surface area contributed by atoms with Gasteiger partial charge in [-0.25, -0.2) is 0 Å². The lowest BCUT2D eigenvalue weighted by atomic mass is 10.0. The van der Waals surface area contributed by atoms with Crippen LogP contribution in [0.5, 0.6) is 0 Å². The third kappa shape index (κ3) is 4.84. The molecule has 1 heterocycles. The maximum Gasteiger partial charge on any atom is 0.245 e. The highest BCUT2D eigenvalue weighted by atomic mass is 16.2. The second-order valence-corrected chi connectivity index (χ2v) is 5.97. The Morgan fingerprint density at radius 3 is 2.42 bits per heavy atom. The molecule has 0 radical (unpaired) electrons. The van der Waals surface area contributed by atoms with E-state index in [0.717, 1.165) is 25.8 Å². The van der Waals surface area contributed by atoms with Crippen molar-refractivity contribution in [3.05, 3.63) is 0 Å². The first-order valence-electron chi connectivity index (χ1n) is 7.56. The van der Waals surface area contributed by atoms with Gasteiger partial charge in [-0.1, -0.05) is 40.5 Å². The molecular formula is C15H28N2O2. The first-order valence-corrected chi connectivity index (χ1v) is 7.56. The van der Waals surface area contributed by atoms with E-state index < -0.39 is 0 Å². The molecule has 1 atom stereocenters. The molecule has 1 unspecified atom stereocenters. The maximum atomic E-state index is 12.5. The van der Waals surface area contributed by atoms with Crippen molar-refractivity contribution in [1.82, 2.24) is 10.2 Å². The molecule has 1 fully saturated rings. The lowest BCUT2D eigenvalue weighted by Crippen LogP contribution is -2.46. The van der Waals surface area contributed by atoms with Gasteiger partial charge >= 0.3 is 0 Å². The SMILES string of the molecule is CCC(CC)CN1CCC(=O)NC(CC(C)C)C1=O. The average Bonchev–Trinajstić information content (AvgIpc) is 2.48. The van der Waals surface area contributed by atoms with Crippen LogP contribution in [0.25, 0.3) is 0 Å². The summed E-state index contributed by atoms with van der Waals surface area (Å²) >= 11 is 0. The molecule has 0 aromatic rings. The van der Waals surface area contributed by atoms with Gasteiger partial charge in [-0.3, -0.25) is 9.59 Å². The van der Waals surface area contributed by atoms with Crippen LogP contribution < -0.4 is 5.32 Å². The number of carbonyl (C=O) groups excluding carboxylic acids is 2. The number of rotatable bonds is 6. The molecular weight excluding hydrogens is 240 g/mol. The lowest BCUT2D eigenvalue weighted by Gasteiger charge is -2.28. The Hall–Kier alpha value is -1.06. The fourth-order valence-electron chi connectivity index (χ4n) is 2.57. The van der Waals surface area contributed by atoms with Gasteiger partial charge in [-0.05, 0) is 18.3 Å². The lowest BCUT2D eigenvalue weighted by molar-refractivity contribution is -0.134. The number of hydrogen-bond acceptors (Lipinski definition) is 2. The molecule has 1 aliphatic heterocycles. The van der Waals surface area contributed by atoms with Gasteiger partial charge in [0.05, 0.1) is 0 Å². The highest BCUT2D eigenvalue weighted by Gasteiger charge is 2.30. The van der Waals surface area contributed by atoms with Crippen LogP contribution in [0, 0.1) is 11.8 Å². The summed E-state index contributed by atoms with van der Waals surface area (Å²) in [7, 11) is 0. The van der Waals surface area contributed by atoms with E-state index in [0.29, 0.717) is 24.8 Å². The molecule has 1 rings (SSSR count). The molecule has 0 spiro atoms. The van der Waals surface area contributed by atoms with Crippen molar-refractivity contribution in [2.45, 2.75) is 59.4 Å². The Kier molecular flexibility index (Phi) is 6.32. The predicted molar refractivity (Wildman–Crippen MR) is 76.7 cm³/mol. The molecule has 19 heavy (non-hydrogen) atoms. The van der Waals surface area contributed by atoms with Crippen molar-refractivity contribution in [3.8, 4) is 0 Å². The zero-order valence-electron chi connectivity index (χ0n) is 12.7. The van der Waals surface area contributed by atoms with Gasteiger partial charge < -0.3 is 10.2 Å². The Labute approximate surface area is 116 Å². The molecule has 4 nitrogen and oxygen atoms in total. The number of hydrogen-bond donors (Lipinski definition) is 1. The zero-order valence-corrected chi connectivity index (χ0v) is 12.7. The van der Waals surface area contributed by atoms with Crippen molar-refractivity contribution < 1.29 is 9.59 Å². The zero-order chi connectivity index (χ0) is 14.4. The fourth-order valence-corrected chi connectivity index (χ4v) is 2.57. The van der Waals surface area contributed by atoms with Crippen molar-refractivity contribution in [1.29, 1.82) is 0 Å². The van der Waals surface area contributed by atoms with Crippen LogP contribution in [0.4, 0.5) is 0 Å². The minimum atomic E-state index is -0.329. The van der Waals surface area contributed by atoms with Crippen molar-refractivity contribution in [3.63, 3.8) is 0 Å². The van der Waals surface area contributed by atoms with Gasteiger partial charge in [-0.15, -0.1) is 0 Å². The van der Waals surface area contributed by atoms with E-state index in [2.05, 4.69) is 33.0 Å². The topological polar surface area (TPSA) is 49.4 Å². The number of nitrogens with one attached hydrogen (secondary N) is 1. The van der Waals surface area contributed by atoms with Crippen LogP contribution in [0.15, 0.2) is 0 Å². The van der Waals surface area contributed by atoms with Crippen molar-refractivity contribution >= 4 is 11.8 Å². The van der Waals surface area contributed by atoms with E-state index in [4.69, 9.17) is 0 Å². The van der Waals surface area contributed by atoms with Crippen LogP contribution in [0.1, 0.15) is 53.4 Å². The number of carbonyl (C=O) groups is 2. The second kappa shape index (κ2) is 7.51. The summed E-state index contributed by atoms with van der Waals surface area (Å²) in [4.78, 5) is 26.1. The maximum absolute atomic E-state index is 12.5. The predicted octanol–water partition coefficient (Wildman–Crippen LogP) is 2.19. The van der Waals surface area contributed by atoms with Crippen LogP contribution in [0.3, 0.4) is 0 Å². The third-order valence-electron chi connectivity index (χ3n) is 3.89. The summed E-state index contributed by atoms with van der Waals surface area (Å²) in [5.41, 5.74) is 0. The van der Waals surface area contributed by atoms with Crippen LogP contribution in [0.2, 0.25) is 0 Å². The van der Waals surface area contributed by atoms with Gasteiger partial charge in [0.25, 0.3) is 0 Å². The molecule has 4 heteroatoms. The van der Waals surface area contributed by atoms with Crippen LogP contribution in [-0.2, 0) is 9.59 Å². The van der Waals surface area contributed by atoms with E-state index in [1.54, 1.807) is 0 Å². The van der Waals surface area contributed by atoms with E-state index in [-0.39, 0.29) is 17.9 Å². The van der Waals surface area contributed by atoms with E-state index in [9.17, 15) is 9.59 Å². The highest BCUT2D eigenvalue weighted by Crippen LogP contribution is 2.16. The average molecular weight is 268 g/mol. The summed E-state index contributed by atoms with van der Waals surface area (Å²) in [6.07, 6.45) is 3.32. The van der Waals surface area contributed by atoms with Gasteiger partial charge in [0, 0.05) is 19.5 Å². The van der Waals surface area contributed by atoms with E-state index >= 15 is 0 Å². The monoisotopic (exact) mass is 268 g/mol. The first-order chi connectivity index (χ1) is 8.97. The molecule has 1 N–H and O–H groups in total. The van der Waals surface area contributed by atoms with Gasteiger partial charge in [0.1, 0.15) is 6.04 Å². The number of nitrogens with zero attached hydrogens (tertiary/aromatic N) is 1. The third-order valence-corrected chi connectivity index (χ3v) is 3.89.